The molecule has 2 aliphatic heterocycles. The van der Waals surface area contributed by atoms with Gasteiger partial charge in [-0.2, -0.15) is 5.10 Å². The predicted octanol–water partition coefficient (Wildman–Crippen LogP) is 5.19. The van der Waals surface area contributed by atoms with Gasteiger partial charge < -0.3 is 24.5 Å². The van der Waals surface area contributed by atoms with Crippen LogP contribution in [0.2, 0.25) is 0 Å². The molecule has 3 aromatic rings. The van der Waals surface area contributed by atoms with Crippen molar-refractivity contribution in [3.05, 3.63) is 101 Å². The molecular weight excluding hydrogens is 554 g/mol. The van der Waals surface area contributed by atoms with Gasteiger partial charge in [-0.25, -0.2) is 10.0 Å². The monoisotopic (exact) mass is 597 g/mol. The maximum absolute atomic E-state index is 6.47. The van der Waals surface area contributed by atoms with E-state index in [0.717, 1.165) is 67.6 Å². The van der Waals surface area contributed by atoms with Gasteiger partial charge in [-0.15, -0.1) is 0 Å². The topological polar surface area (TPSA) is 105 Å². The summed E-state index contributed by atoms with van der Waals surface area (Å²) in [5.41, 5.74) is 13.7. The lowest BCUT2D eigenvalue weighted by Gasteiger charge is -2.36. The Morgan fingerprint density at radius 2 is 1.80 bits per heavy atom. The molecule has 0 saturated carbocycles. The zero-order chi connectivity index (χ0) is 30.9. The minimum absolute atomic E-state index is 0.339. The number of hydrogen-bond donors (Lipinski definition) is 1. The molecule has 0 atom stereocenters. The van der Waals surface area contributed by atoms with Crippen LogP contribution in [0.3, 0.4) is 0 Å². The van der Waals surface area contributed by atoms with Crippen LogP contribution in [0.25, 0.3) is 0 Å². The first-order valence-electron chi connectivity index (χ1n) is 15.2. The first kappa shape index (κ1) is 31.0. The van der Waals surface area contributed by atoms with Crippen LogP contribution in [0.1, 0.15) is 44.1 Å². The van der Waals surface area contributed by atoms with E-state index in [9.17, 15) is 0 Å². The normalized spacial score (nSPS) is 17.4. The largest absolute Gasteiger partial charge is 0.491 e. The first-order valence-corrected chi connectivity index (χ1v) is 15.2. The molecule has 0 amide bonds. The third-order valence-corrected chi connectivity index (χ3v) is 7.88. The fourth-order valence-corrected chi connectivity index (χ4v) is 5.29. The van der Waals surface area contributed by atoms with E-state index in [0.29, 0.717) is 31.4 Å². The van der Waals surface area contributed by atoms with Gasteiger partial charge in [0.25, 0.3) is 0 Å². The SMILES string of the molecule is CC/C(C)=C1\C=C(Cc2cncc(CN3CCN(c4ccc(OCCOC)cc4)CC3)c2)N=C(N)N1/N=C(\C)c1ccco1. The maximum Gasteiger partial charge on any atom is 0.221 e. The molecule has 0 spiro atoms. The van der Waals surface area contributed by atoms with E-state index >= 15 is 0 Å². The number of nitrogens with two attached hydrogens (primary N) is 1. The molecule has 1 aromatic carbocycles. The van der Waals surface area contributed by atoms with Crippen molar-refractivity contribution in [3.8, 4) is 5.75 Å². The summed E-state index contributed by atoms with van der Waals surface area (Å²) in [6.07, 6.45) is 9.10. The number of furan rings is 1. The van der Waals surface area contributed by atoms with Gasteiger partial charge in [-0.3, -0.25) is 9.88 Å². The number of anilines is 1. The molecule has 4 heterocycles. The van der Waals surface area contributed by atoms with Gasteiger partial charge in [0.2, 0.25) is 5.96 Å². The molecule has 2 N–H and O–H groups in total. The molecule has 0 aliphatic carbocycles. The highest BCUT2D eigenvalue weighted by atomic mass is 16.5. The van der Waals surface area contributed by atoms with Gasteiger partial charge in [-0.05, 0) is 79.4 Å². The van der Waals surface area contributed by atoms with E-state index in [1.807, 2.05) is 43.6 Å². The van der Waals surface area contributed by atoms with Gasteiger partial charge in [0, 0.05) is 64.3 Å². The number of nitrogens with zero attached hydrogens (tertiary/aromatic N) is 6. The van der Waals surface area contributed by atoms with E-state index in [1.165, 1.54) is 16.8 Å². The second-order valence-electron chi connectivity index (χ2n) is 11.1. The number of aliphatic imine (C=N–C) groups is 1. The second-order valence-corrected chi connectivity index (χ2v) is 11.1. The van der Waals surface area contributed by atoms with Crippen LogP contribution < -0.4 is 15.4 Å². The van der Waals surface area contributed by atoms with Gasteiger partial charge in [0.05, 0.1) is 24.3 Å². The highest BCUT2D eigenvalue weighted by Gasteiger charge is 2.22. The summed E-state index contributed by atoms with van der Waals surface area (Å²) in [5.74, 6) is 1.91. The molecule has 44 heavy (non-hydrogen) atoms. The standard InChI is InChI=1S/C34H43N7O3/c1-5-25(2)32-21-29(37-34(35)41(32)38-26(3)33-7-6-16-44-33)20-27-19-28(23-36-22-27)24-39-12-14-40(15-13-39)30-8-10-31(11-9-30)43-18-17-42-4/h6-11,16,19,21-23H,5,12-15,17-18,20,24H2,1-4H3,(H2,35,37)/b32-25+,38-26+. The van der Waals surface area contributed by atoms with Crippen LogP contribution in [0.15, 0.2) is 98.7 Å². The van der Waals surface area contributed by atoms with Crippen molar-refractivity contribution in [2.75, 3.05) is 51.4 Å². The Labute approximate surface area is 260 Å². The van der Waals surface area contributed by atoms with Gasteiger partial charge in [0.1, 0.15) is 23.8 Å². The summed E-state index contributed by atoms with van der Waals surface area (Å²) in [7, 11) is 1.68. The van der Waals surface area contributed by atoms with E-state index in [-0.39, 0.29) is 0 Å². The molecule has 2 aliphatic rings. The Morgan fingerprint density at radius 1 is 1.02 bits per heavy atom. The number of ether oxygens (including phenoxy) is 2. The quantitative estimate of drug-likeness (QED) is 0.225. The summed E-state index contributed by atoms with van der Waals surface area (Å²) in [5, 5.41) is 6.45. The molecule has 0 unspecified atom stereocenters. The number of hydrazone groups is 1. The Kier molecular flexibility index (Phi) is 10.5. The van der Waals surface area contributed by atoms with Crippen LogP contribution in [0.5, 0.6) is 5.75 Å². The number of hydrogen-bond acceptors (Lipinski definition) is 10. The van der Waals surface area contributed by atoms with Crippen LogP contribution in [-0.4, -0.2) is 73.1 Å². The Morgan fingerprint density at radius 3 is 2.50 bits per heavy atom. The minimum atomic E-state index is 0.339. The number of piperazine rings is 1. The number of methoxy groups -OCH3 is 1. The molecule has 10 nitrogen and oxygen atoms in total. The van der Waals surface area contributed by atoms with Crippen molar-refractivity contribution in [1.82, 2.24) is 14.9 Å². The zero-order valence-corrected chi connectivity index (χ0v) is 26.2. The van der Waals surface area contributed by atoms with Crippen molar-refractivity contribution < 1.29 is 13.9 Å². The van der Waals surface area contributed by atoms with Gasteiger partial charge in [0.15, 0.2) is 0 Å². The highest BCUT2D eigenvalue weighted by Crippen LogP contribution is 2.25. The highest BCUT2D eigenvalue weighted by molar-refractivity contribution is 5.97. The summed E-state index contributed by atoms with van der Waals surface area (Å²) >= 11 is 0. The summed E-state index contributed by atoms with van der Waals surface area (Å²) < 4.78 is 16.3. The maximum atomic E-state index is 6.47. The van der Waals surface area contributed by atoms with E-state index in [4.69, 9.17) is 29.7 Å². The lowest BCUT2D eigenvalue weighted by Crippen LogP contribution is -2.45. The second kappa shape index (κ2) is 14.9. The molecule has 0 radical (unpaired) electrons. The molecule has 232 valence electrons. The van der Waals surface area contributed by atoms with Crippen LogP contribution >= 0.6 is 0 Å². The smallest absolute Gasteiger partial charge is 0.221 e. The van der Waals surface area contributed by atoms with Crippen molar-refractivity contribution in [2.45, 2.75) is 40.2 Å². The first-order chi connectivity index (χ1) is 21.4. The third-order valence-electron chi connectivity index (χ3n) is 7.88. The van der Waals surface area contributed by atoms with Crippen LogP contribution in [0, 0.1) is 0 Å². The summed E-state index contributed by atoms with van der Waals surface area (Å²) in [4.78, 5) is 14.2. The predicted molar refractivity (Wildman–Crippen MR) is 175 cm³/mol. The summed E-state index contributed by atoms with van der Waals surface area (Å²) in [6.45, 7) is 12.1. The summed E-state index contributed by atoms with van der Waals surface area (Å²) in [6, 6.07) is 14.3. The number of benzene rings is 1. The number of allylic oxidation sites excluding steroid dienone is 3. The fourth-order valence-electron chi connectivity index (χ4n) is 5.29. The average molecular weight is 598 g/mol. The number of rotatable bonds is 12. The molecule has 1 saturated heterocycles. The molecule has 5 rings (SSSR count). The zero-order valence-electron chi connectivity index (χ0n) is 26.2. The van der Waals surface area contributed by atoms with Crippen molar-refractivity contribution in [2.24, 2.45) is 15.8 Å². The van der Waals surface area contributed by atoms with Gasteiger partial charge >= 0.3 is 0 Å². The number of aromatic nitrogens is 1. The Balaban J connectivity index is 1.19. The average Bonchev–Trinajstić information content (AvgIpc) is 3.58. The van der Waals surface area contributed by atoms with Crippen LogP contribution in [0.4, 0.5) is 5.69 Å². The molecular formula is C34H43N7O3. The minimum Gasteiger partial charge on any atom is -0.491 e. The fraction of sp³-hybridized carbons (Fsp3) is 0.382. The lowest BCUT2D eigenvalue weighted by atomic mass is 10.1. The number of guanidine groups is 1. The molecule has 10 heteroatoms. The van der Waals surface area contributed by atoms with Crippen LogP contribution in [-0.2, 0) is 17.7 Å². The Hall–Kier alpha value is -4.41. The van der Waals surface area contributed by atoms with E-state index < -0.39 is 0 Å². The lowest BCUT2D eigenvalue weighted by molar-refractivity contribution is 0.146. The molecule has 2 aromatic heterocycles. The third kappa shape index (κ3) is 7.94. The van der Waals surface area contributed by atoms with Gasteiger partial charge in [-0.1, -0.05) is 13.0 Å². The van der Waals surface area contributed by atoms with E-state index in [2.05, 4.69) is 52.9 Å². The molecule has 0 bridgehead atoms. The number of pyridine rings is 1. The van der Waals surface area contributed by atoms with E-state index in [1.54, 1.807) is 18.4 Å². The Bertz CT molecular complexity index is 1500. The van der Waals surface area contributed by atoms with Crippen molar-refractivity contribution >= 4 is 17.4 Å². The van der Waals surface area contributed by atoms with Crippen molar-refractivity contribution in [3.63, 3.8) is 0 Å². The molecule has 1 fully saturated rings. The van der Waals surface area contributed by atoms with Crippen molar-refractivity contribution in [1.29, 1.82) is 0 Å².